The molecule has 1 heterocycles. The van der Waals surface area contributed by atoms with Gasteiger partial charge in [-0.05, 0) is 31.5 Å². The Morgan fingerprint density at radius 1 is 1.62 bits per heavy atom. The molecule has 1 aromatic heterocycles. The van der Waals surface area contributed by atoms with Crippen molar-refractivity contribution in [1.82, 2.24) is 9.88 Å². The van der Waals surface area contributed by atoms with Gasteiger partial charge in [-0.15, -0.1) is 0 Å². The second-order valence-electron chi connectivity index (χ2n) is 4.07. The first kappa shape index (κ1) is 12.8. The summed E-state index contributed by atoms with van der Waals surface area (Å²) in [6, 6.07) is 2.43. The molecular weight excluding hydrogens is 202 g/mol. The quantitative estimate of drug-likeness (QED) is 0.734. The third kappa shape index (κ3) is 4.06. The molecule has 3 N–H and O–H groups in total. The highest BCUT2D eigenvalue weighted by Gasteiger charge is 2.05. The lowest BCUT2D eigenvalue weighted by Crippen LogP contribution is -2.18. The lowest BCUT2D eigenvalue weighted by molar-refractivity contribution is -0.118. The number of primary amides is 1. The maximum atomic E-state index is 10.7. The van der Waals surface area contributed by atoms with Gasteiger partial charge >= 0.3 is 0 Å². The van der Waals surface area contributed by atoms with Crippen molar-refractivity contribution in [3.05, 3.63) is 24.0 Å². The predicted octanol–water partition coefficient (Wildman–Crippen LogP) is 1.42. The maximum absolute atomic E-state index is 10.7. The summed E-state index contributed by atoms with van der Waals surface area (Å²) in [5.41, 5.74) is 6.36. The fraction of sp³-hybridized carbons (Fsp3) is 0.583. The Bertz CT molecular complexity index is 333. The minimum atomic E-state index is -0.257. The predicted molar refractivity (Wildman–Crippen MR) is 65.0 cm³/mol. The Hall–Kier alpha value is -1.29. The van der Waals surface area contributed by atoms with E-state index in [0.717, 1.165) is 13.0 Å². The van der Waals surface area contributed by atoms with Crippen LogP contribution in [0.3, 0.4) is 0 Å². The lowest BCUT2D eigenvalue weighted by atomic mass is 10.2. The van der Waals surface area contributed by atoms with Crippen molar-refractivity contribution in [2.24, 2.45) is 5.73 Å². The van der Waals surface area contributed by atoms with Crippen LogP contribution in [0.5, 0.6) is 0 Å². The number of hydrogen-bond donors (Lipinski definition) is 2. The standard InChI is InChI=1S/C12H21N3O/c1-3-6-14-10(2)11-4-7-15(9-11)8-5-12(13)16/h4,7,9-10,14H,3,5-6,8H2,1-2H3,(H2,13,16). The number of hydrogen-bond acceptors (Lipinski definition) is 2. The van der Waals surface area contributed by atoms with Gasteiger partial charge in [0.15, 0.2) is 0 Å². The first-order valence-corrected chi connectivity index (χ1v) is 5.81. The molecule has 1 atom stereocenters. The highest BCUT2D eigenvalue weighted by molar-refractivity contribution is 5.73. The zero-order chi connectivity index (χ0) is 12.0. The molecule has 0 spiro atoms. The molecule has 0 saturated carbocycles. The van der Waals surface area contributed by atoms with Crippen molar-refractivity contribution < 1.29 is 4.79 Å². The van der Waals surface area contributed by atoms with E-state index in [9.17, 15) is 4.79 Å². The minimum absolute atomic E-state index is 0.257. The second kappa shape index (κ2) is 6.33. The minimum Gasteiger partial charge on any atom is -0.370 e. The number of aromatic nitrogens is 1. The molecule has 90 valence electrons. The van der Waals surface area contributed by atoms with Gasteiger partial charge in [0.05, 0.1) is 0 Å². The zero-order valence-corrected chi connectivity index (χ0v) is 10.1. The summed E-state index contributed by atoms with van der Waals surface area (Å²) in [5.74, 6) is -0.257. The van der Waals surface area contributed by atoms with Crippen molar-refractivity contribution in [1.29, 1.82) is 0 Å². The topological polar surface area (TPSA) is 60.1 Å². The molecule has 0 aromatic carbocycles. The molecule has 0 saturated heterocycles. The van der Waals surface area contributed by atoms with Crippen LogP contribution in [0.4, 0.5) is 0 Å². The number of carbonyl (C=O) groups excluding carboxylic acids is 1. The van der Waals surface area contributed by atoms with Crippen molar-refractivity contribution in [2.75, 3.05) is 6.54 Å². The van der Waals surface area contributed by atoms with E-state index < -0.39 is 0 Å². The Morgan fingerprint density at radius 2 is 2.38 bits per heavy atom. The van der Waals surface area contributed by atoms with Crippen molar-refractivity contribution in [3.63, 3.8) is 0 Å². The van der Waals surface area contributed by atoms with E-state index in [2.05, 4.69) is 31.4 Å². The van der Waals surface area contributed by atoms with Crippen molar-refractivity contribution in [2.45, 2.75) is 39.3 Å². The summed E-state index contributed by atoms with van der Waals surface area (Å²) in [4.78, 5) is 10.7. The first-order valence-electron chi connectivity index (χ1n) is 5.81. The number of amides is 1. The number of aryl methyl sites for hydroxylation is 1. The molecule has 0 radical (unpaired) electrons. The molecule has 0 aliphatic carbocycles. The molecule has 1 rings (SSSR count). The van der Waals surface area contributed by atoms with Gasteiger partial charge in [-0.25, -0.2) is 0 Å². The average Bonchev–Trinajstić information content (AvgIpc) is 2.71. The fourth-order valence-corrected chi connectivity index (χ4v) is 1.57. The smallest absolute Gasteiger partial charge is 0.219 e. The number of rotatable bonds is 7. The Kier molecular flexibility index (Phi) is 5.05. The summed E-state index contributed by atoms with van der Waals surface area (Å²) in [6.45, 7) is 5.98. The Morgan fingerprint density at radius 3 is 3.00 bits per heavy atom. The Balaban J connectivity index is 2.46. The molecule has 4 heteroatoms. The number of carbonyl (C=O) groups is 1. The third-order valence-electron chi connectivity index (χ3n) is 2.59. The van der Waals surface area contributed by atoms with Gasteiger partial charge in [0.1, 0.15) is 0 Å². The molecule has 1 aromatic rings. The molecule has 4 nitrogen and oxygen atoms in total. The summed E-state index contributed by atoms with van der Waals surface area (Å²) in [5, 5.41) is 3.42. The fourth-order valence-electron chi connectivity index (χ4n) is 1.57. The molecule has 16 heavy (non-hydrogen) atoms. The van der Waals surface area contributed by atoms with E-state index in [1.54, 1.807) is 0 Å². The van der Waals surface area contributed by atoms with Crippen LogP contribution < -0.4 is 11.1 Å². The zero-order valence-electron chi connectivity index (χ0n) is 10.1. The monoisotopic (exact) mass is 223 g/mol. The van der Waals surface area contributed by atoms with E-state index in [4.69, 9.17) is 5.73 Å². The molecule has 1 amide bonds. The van der Waals surface area contributed by atoms with Crippen LogP contribution in [-0.4, -0.2) is 17.0 Å². The number of nitrogens with two attached hydrogens (primary N) is 1. The van der Waals surface area contributed by atoms with Gasteiger partial charge in [0, 0.05) is 31.4 Å². The molecule has 0 aliphatic heterocycles. The normalized spacial score (nSPS) is 12.6. The van der Waals surface area contributed by atoms with Crippen LogP contribution in [-0.2, 0) is 11.3 Å². The van der Waals surface area contributed by atoms with Crippen LogP contribution in [0, 0.1) is 0 Å². The van der Waals surface area contributed by atoms with E-state index in [-0.39, 0.29) is 5.91 Å². The van der Waals surface area contributed by atoms with Gasteiger partial charge in [-0.2, -0.15) is 0 Å². The van der Waals surface area contributed by atoms with E-state index in [1.165, 1.54) is 5.56 Å². The second-order valence-corrected chi connectivity index (χ2v) is 4.07. The highest BCUT2D eigenvalue weighted by atomic mass is 16.1. The van der Waals surface area contributed by atoms with Gasteiger partial charge in [0.25, 0.3) is 0 Å². The van der Waals surface area contributed by atoms with Crippen LogP contribution in [0.1, 0.15) is 38.3 Å². The van der Waals surface area contributed by atoms with Gasteiger partial charge in [0.2, 0.25) is 5.91 Å². The first-order chi connectivity index (χ1) is 7.63. The SMILES string of the molecule is CCCNC(C)c1ccn(CCC(N)=O)c1. The molecule has 0 fully saturated rings. The van der Waals surface area contributed by atoms with Crippen LogP contribution in [0.25, 0.3) is 0 Å². The van der Waals surface area contributed by atoms with Crippen LogP contribution in [0.2, 0.25) is 0 Å². The summed E-state index contributed by atoms with van der Waals surface area (Å²) in [7, 11) is 0. The van der Waals surface area contributed by atoms with Gasteiger partial charge in [-0.1, -0.05) is 6.92 Å². The van der Waals surface area contributed by atoms with Crippen LogP contribution >= 0.6 is 0 Å². The van der Waals surface area contributed by atoms with Gasteiger partial charge in [-0.3, -0.25) is 4.79 Å². The lowest BCUT2D eigenvalue weighted by Gasteiger charge is -2.11. The maximum Gasteiger partial charge on any atom is 0.219 e. The van der Waals surface area contributed by atoms with Crippen molar-refractivity contribution >= 4 is 5.91 Å². The third-order valence-corrected chi connectivity index (χ3v) is 2.59. The van der Waals surface area contributed by atoms with E-state index in [0.29, 0.717) is 19.0 Å². The molecule has 0 aliphatic rings. The summed E-state index contributed by atoms with van der Waals surface area (Å²) >= 11 is 0. The number of nitrogens with one attached hydrogen (secondary N) is 1. The Labute approximate surface area is 96.8 Å². The van der Waals surface area contributed by atoms with Crippen LogP contribution in [0.15, 0.2) is 18.5 Å². The molecule has 1 unspecified atom stereocenters. The molecule has 0 bridgehead atoms. The largest absolute Gasteiger partial charge is 0.370 e. The van der Waals surface area contributed by atoms with Crippen molar-refractivity contribution in [3.8, 4) is 0 Å². The van der Waals surface area contributed by atoms with E-state index >= 15 is 0 Å². The van der Waals surface area contributed by atoms with E-state index in [1.807, 2.05) is 10.8 Å². The summed E-state index contributed by atoms with van der Waals surface area (Å²) in [6.07, 6.45) is 5.58. The number of nitrogens with zero attached hydrogens (tertiary/aromatic N) is 1. The summed E-state index contributed by atoms with van der Waals surface area (Å²) < 4.78 is 2.00. The highest BCUT2D eigenvalue weighted by Crippen LogP contribution is 2.12. The van der Waals surface area contributed by atoms with Gasteiger partial charge < -0.3 is 15.6 Å². The molecular formula is C12H21N3O. The average molecular weight is 223 g/mol.